The van der Waals surface area contributed by atoms with Gasteiger partial charge >= 0.3 is 5.97 Å². The van der Waals surface area contributed by atoms with Crippen molar-refractivity contribution in [1.82, 2.24) is 14.8 Å². The maximum absolute atomic E-state index is 12.4. The number of carbonyl (C=O) groups excluding carboxylic acids is 1. The van der Waals surface area contributed by atoms with Crippen LogP contribution in [0.4, 0.5) is 5.69 Å². The van der Waals surface area contributed by atoms with Crippen LogP contribution in [-0.2, 0) is 4.74 Å². The summed E-state index contributed by atoms with van der Waals surface area (Å²) < 4.78 is 11.2. The Labute approximate surface area is 164 Å². The monoisotopic (exact) mass is 402 g/mol. The molecular formula is C18H15ClN4O5. The number of aromatic nitrogens is 3. The molecule has 0 N–H and O–H groups in total. The van der Waals surface area contributed by atoms with Crippen molar-refractivity contribution in [2.45, 2.75) is 6.92 Å². The fraction of sp³-hybridized carbons (Fsp3) is 0.167. The molecule has 0 saturated carbocycles. The molecule has 3 rings (SSSR count). The molecule has 0 unspecified atom stereocenters. The van der Waals surface area contributed by atoms with E-state index in [1.54, 1.807) is 38.3 Å². The summed E-state index contributed by atoms with van der Waals surface area (Å²) in [6, 6.07) is 10.8. The molecule has 0 spiro atoms. The molecule has 9 nitrogen and oxygen atoms in total. The number of esters is 1. The largest absolute Gasteiger partial charge is 0.497 e. The Morgan fingerprint density at radius 2 is 1.96 bits per heavy atom. The number of hydrogen-bond donors (Lipinski definition) is 0. The van der Waals surface area contributed by atoms with Gasteiger partial charge in [-0.1, -0.05) is 11.6 Å². The minimum atomic E-state index is -0.760. The summed E-state index contributed by atoms with van der Waals surface area (Å²) in [6.45, 7) is 1.76. The van der Waals surface area contributed by atoms with Gasteiger partial charge in [0, 0.05) is 16.7 Å². The van der Waals surface area contributed by atoms with Gasteiger partial charge in [0.2, 0.25) is 5.82 Å². The van der Waals surface area contributed by atoms with Crippen LogP contribution in [0.15, 0.2) is 42.5 Å². The molecular weight excluding hydrogens is 388 g/mol. The zero-order valence-electron chi connectivity index (χ0n) is 15.0. The zero-order chi connectivity index (χ0) is 20.3. The van der Waals surface area contributed by atoms with E-state index in [-0.39, 0.29) is 34.7 Å². The Morgan fingerprint density at radius 1 is 1.25 bits per heavy atom. The molecule has 0 amide bonds. The summed E-state index contributed by atoms with van der Waals surface area (Å²) in [6.07, 6.45) is 0. The quantitative estimate of drug-likeness (QED) is 0.351. The summed E-state index contributed by atoms with van der Waals surface area (Å²) in [4.78, 5) is 27.5. The molecule has 3 aromatic rings. The molecule has 1 heterocycles. The minimum Gasteiger partial charge on any atom is -0.497 e. The van der Waals surface area contributed by atoms with Crippen molar-refractivity contribution in [3.8, 4) is 22.8 Å². The molecule has 0 saturated heterocycles. The number of nitrogens with zero attached hydrogens (tertiary/aromatic N) is 4. The summed E-state index contributed by atoms with van der Waals surface area (Å²) in [7, 11) is 1.54. The van der Waals surface area contributed by atoms with Crippen LogP contribution in [0.2, 0.25) is 5.02 Å². The van der Waals surface area contributed by atoms with Crippen molar-refractivity contribution in [2.24, 2.45) is 0 Å². The second kappa shape index (κ2) is 8.05. The Bertz CT molecular complexity index is 1030. The first-order valence-corrected chi connectivity index (χ1v) is 8.55. The van der Waals surface area contributed by atoms with Crippen LogP contribution in [-0.4, -0.2) is 39.4 Å². The number of benzene rings is 2. The van der Waals surface area contributed by atoms with Crippen molar-refractivity contribution in [1.29, 1.82) is 0 Å². The molecule has 2 aromatic carbocycles. The predicted molar refractivity (Wildman–Crippen MR) is 101 cm³/mol. The van der Waals surface area contributed by atoms with E-state index in [2.05, 4.69) is 10.1 Å². The van der Waals surface area contributed by atoms with E-state index in [1.807, 2.05) is 0 Å². The third kappa shape index (κ3) is 3.79. The number of nitro benzene ring substituents is 1. The molecule has 0 aliphatic carbocycles. The van der Waals surface area contributed by atoms with Gasteiger partial charge in [0.25, 0.3) is 5.69 Å². The topological polar surface area (TPSA) is 109 Å². The fourth-order valence-corrected chi connectivity index (χ4v) is 2.66. The number of halogens is 1. The summed E-state index contributed by atoms with van der Waals surface area (Å²) in [5, 5.41) is 16.0. The van der Waals surface area contributed by atoms with E-state index in [9.17, 15) is 14.9 Å². The number of methoxy groups -OCH3 is 1. The van der Waals surface area contributed by atoms with Gasteiger partial charge in [-0.2, -0.15) is 4.68 Å². The maximum atomic E-state index is 12.4. The summed E-state index contributed by atoms with van der Waals surface area (Å²) in [5.41, 5.74) is 0.323. The van der Waals surface area contributed by atoms with Gasteiger partial charge in [-0.25, -0.2) is 9.78 Å². The van der Waals surface area contributed by atoms with Crippen molar-refractivity contribution < 1.29 is 19.2 Å². The Hall–Kier alpha value is -3.46. The SMILES string of the molecule is CCOC(=O)c1nc(-c2ccc(OC)cc2)nn1-c1cc(Cl)ccc1[N+](=O)[O-]. The molecule has 0 fully saturated rings. The molecule has 0 radical (unpaired) electrons. The van der Waals surface area contributed by atoms with Gasteiger partial charge in [0.15, 0.2) is 5.82 Å². The standard InChI is InChI=1S/C18H15ClN4O5/c1-3-28-18(24)17-20-16(11-4-7-13(27-2)8-5-11)21-22(17)15-10-12(19)6-9-14(15)23(25)26/h4-10H,3H2,1-2H3. The highest BCUT2D eigenvalue weighted by Gasteiger charge is 2.26. The van der Waals surface area contributed by atoms with Gasteiger partial charge in [0.1, 0.15) is 11.4 Å². The highest BCUT2D eigenvalue weighted by atomic mass is 35.5. The van der Waals surface area contributed by atoms with Crippen LogP contribution in [0.1, 0.15) is 17.5 Å². The predicted octanol–water partition coefficient (Wildman–Crippen LogP) is 3.68. The van der Waals surface area contributed by atoms with Crippen molar-refractivity contribution in [3.63, 3.8) is 0 Å². The van der Waals surface area contributed by atoms with E-state index in [4.69, 9.17) is 21.1 Å². The van der Waals surface area contributed by atoms with Gasteiger partial charge in [0.05, 0.1) is 18.6 Å². The molecule has 28 heavy (non-hydrogen) atoms. The highest BCUT2D eigenvalue weighted by molar-refractivity contribution is 6.30. The first-order valence-electron chi connectivity index (χ1n) is 8.17. The third-order valence-corrected chi connectivity index (χ3v) is 4.01. The molecule has 0 aliphatic rings. The average Bonchev–Trinajstić information content (AvgIpc) is 3.13. The van der Waals surface area contributed by atoms with Gasteiger partial charge < -0.3 is 9.47 Å². The van der Waals surface area contributed by atoms with E-state index < -0.39 is 10.9 Å². The first-order chi connectivity index (χ1) is 13.4. The lowest BCUT2D eigenvalue weighted by Crippen LogP contribution is -2.14. The second-order valence-electron chi connectivity index (χ2n) is 5.51. The zero-order valence-corrected chi connectivity index (χ0v) is 15.7. The van der Waals surface area contributed by atoms with E-state index in [0.717, 1.165) is 4.68 Å². The second-order valence-corrected chi connectivity index (χ2v) is 5.95. The number of rotatable bonds is 6. The van der Waals surface area contributed by atoms with E-state index >= 15 is 0 Å². The lowest BCUT2D eigenvalue weighted by atomic mass is 10.2. The number of nitro groups is 1. The smallest absolute Gasteiger partial charge is 0.376 e. The Kier molecular flexibility index (Phi) is 5.55. The Morgan fingerprint density at radius 3 is 2.57 bits per heavy atom. The van der Waals surface area contributed by atoms with E-state index in [1.165, 1.54) is 18.2 Å². The van der Waals surface area contributed by atoms with Crippen LogP contribution >= 0.6 is 11.6 Å². The van der Waals surface area contributed by atoms with Crippen molar-refractivity contribution in [2.75, 3.05) is 13.7 Å². The first kappa shape index (κ1) is 19.3. The lowest BCUT2D eigenvalue weighted by molar-refractivity contribution is -0.384. The Balaban J connectivity index is 2.19. The van der Waals surface area contributed by atoms with Crippen LogP contribution in [0, 0.1) is 10.1 Å². The van der Waals surface area contributed by atoms with Crippen molar-refractivity contribution >= 4 is 23.3 Å². The van der Waals surface area contributed by atoms with Gasteiger partial charge in [-0.3, -0.25) is 10.1 Å². The molecule has 0 aliphatic heterocycles. The number of ether oxygens (including phenoxy) is 2. The minimum absolute atomic E-state index is 0.00724. The normalized spacial score (nSPS) is 10.5. The molecule has 10 heteroatoms. The highest BCUT2D eigenvalue weighted by Crippen LogP contribution is 2.29. The van der Waals surface area contributed by atoms with Crippen LogP contribution in [0.25, 0.3) is 17.1 Å². The maximum Gasteiger partial charge on any atom is 0.376 e. The van der Waals surface area contributed by atoms with Crippen LogP contribution in [0.5, 0.6) is 5.75 Å². The summed E-state index contributed by atoms with van der Waals surface area (Å²) >= 11 is 6.01. The fourth-order valence-electron chi connectivity index (χ4n) is 2.49. The summed E-state index contributed by atoms with van der Waals surface area (Å²) in [5.74, 6) is -0.124. The third-order valence-electron chi connectivity index (χ3n) is 3.78. The molecule has 0 bridgehead atoms. The van der Waals surface area contributed by atoms with Gasteiger partial charge in [-0.15, -0.1) is 5.10 Å². The number of carbonyl (C=O) groups is 1. The molecule has 0 atom stereocenters. The van der Waals surface area contributed by atoms with Crippen LogP contribution in [0.3, 0.4) is 0 Å². The lowest BCUT2D eigenvalue weighted by Gasteiger charge is -2.06. The molecule has 1 aromatic heterocycles. The van der Waals surface area contributed by atoms with Gasteiger partial charge in [-0.05, 0) is 43.3 Å². The van der Waals surface area contributed by atoms with E-state index in [0.29, 0.717) is 11.3 Å². The van der Waals surface area contributed by atoms with Crippen molar-refractivity contribution in [3.05, 3.63) is 63.4 Å². The number of hydrogen-bond acceptors (Lipinski definition) is 7. The van der Waals surface area contributed by atoms with Crippen LogP contribution < -0.4 is 4.74 Å². The average molecular weight is 403 g/mol. The molecule has 144 valence electrons.